The molecule has 0 aromatic heterocycles. The lowest BCUT2D eigenvalue weighted by Gasteiger charge is -2.17. The number of carbonyl (C=O) groups excluding carboxylic acids is 1. The van der Waals surface area contributed by atoms with Crippen molar-refractivity contribution in [3.8, 4) is 5.75 Å². The van der Waals surface area contributed by atoms with Gasteiger partial charge in [0.25, 0.3) is 0 Å². The smallest absolute Gasteiger partial charge is 0.239 e. The summed E-state index contributed by atoms with van der Waals surface area (Å²) in [6, 6.07) is 6.13. The van der Waals surface area contributed by atoms with Crippen molar-refractivity contribution in [1.82, 2.24) is 16.0 Å². The second kappa shape index (κ2) is 12.8. The van der Waals surface area contributed by atoms with Crippen LogP contribution in [0, 0.1) is 6.92 Å². The predicted molar refractivity (Wildman–Crippen MR) is 114 cm³/mol. The molecule has 6 nitrogen and oxygen atoms in total. The molecule has 3 N–H and O–H groups in total. The zero-order valence-electron chi connectivity index (χ0n) is 15.8. The van der Waals surface area contributed by atoms with Crippen molar-refractivity contribution in [2.45, 2.75) is 46.8 Å². The topological polar surface area (TPSA) is 74.8 Å². The van der Waals surface area contributed by atoms with Crippen molar-refractivity contribution in [2.24, 2.45) is 4.99 Å². The molecule has 0 heterocycles. The molecule has 0 aliphatic carbocycles. The summed E-state index contributed by atoms with van der Waals surface area (Å²) < 4.78 is 5.87. The number of halogens is 1. The van der Waals surface area contributed by atoms with E-state index in [1.807, 2.05) is 39.8 Å². The molecule has 25 heavy (non-hydrogen) atoms. The maximum Gasteiger partial charge on any atom is 0.239 e. The minimum atomic E-state index is -0.0426. The molecular formula is C18H31IN4O2. The number of ether oxygens (including phenoxy) is 1. The van der Waals surface area contributed by atoms with Crippen molar-refractivity contribution in [3.63, 3.8) is 0 Å². The Balaban J connectivity index is 0.00000576. The maximum atomic E-state index is 11.6. The minimum absolute atomic E-state index is 0. The summed E-state index contributed by atoms with van der Waals surface area (Å²) in [5.41, 5.74) is 2.21. The lowest BCUT2D eigenvalue weighted by molar-refractivity contribution is -0.120. The van der Waals surface area contributed by atoms with E-state index in [0.29, 0.717) is 19.0 Å². The molecular weight excluding hydrogens is 431 g/mol. The Morgan fingerprint density at radius 2 is 1.96 bits per heavy atom. The number of carbonyl (C=O) groups is 1. The van der Waals surface area contributed by atoms with Crippen LogP contribution in [0.5, 0.6) is 5.75 Å². The fourth-order valence-corrected chi connectivity index (χ4v) is 2.06. The molecule has 7 heteroatoms. The van der Waals surface area contributed by atoms with Gasteiger partial charge in [-0.25, -0.2) is 0 Å². The monoisotopic (exact) mass is 462 g/mol. The summed E-state index contributed by atoms with van der Waals surface area (Å²) in [6.45, 7) is 9.53. The lowest BCUT2D eigenvalue weighted by Crippen LogP contribution is -2.43. The number of nitrogens with zero attached hydrogens (tertiary/aromatic N) is 1. The van der Waals surface area contributed by atoms with Crippen molar-refractivity contribution >= 4 is 35.8 Å². The Hall–Kier alpha value is -1.51. The van der Waals surface area contributed by atoms with Gasteiger partial charge in [0.1, 0.15) is 5.75 Å². The van der Waals surface area contributed by atoms with Gasteiger partial charge < -0.3 is 20.7 Å². The number of aryl methyl sites for hydroxylation is 1. The molecule has 0 fully saturated rings. The van der Waals surface area contributed by atoms with E-state index in [1.165, 1.54) is 0 Å². The SMILES string of the molecule is CCCNC(=O)CNC(=NC)NCc1ccc(C)cc1OC(C)C.I. The van der Waals surface area contributed by atoms with E-state index >= 15 is 0 Å². The quantitative estimate of drug-likeness (QED) is 0.316. The highest BCUT2D eigenvalue weighted by Gasteiger charge is 2.08. The van der Waals surface area contributed by atoms with Gasteiger partial charge in [-0.3, -0.25) is 9.79 Å². The summed E-state index contributed by atoms with van der Waals surface area (Å²) in [4.78, 5) is 15.8. The number of nitrogens with one attached hydrogen (secondary N) is 3. The standard InChI is InChI=1S/C18H30N4O2.HI/c1-6-9-20-17(23)12-22-18(19-5)21-11-15-8-7-14(4)10-16(15)24-13(2)3;/h7-8,10,13H,6,9,11-12H2,1-5H3,(H,20,23)(H2,19,21,22);1H. The van der Waals surface area contributed by atoms with E-state index < -0.39 is 0 Å². The first kappa shape index (κ1) is 23.5. The Morgan fingerprint density at radius 1 is 1.24 bits per heavy atom. The third-order valence-corrected chi connectivity index (χ3v) is 3.24. The average Bonchev–Trinajstić information content (AvgIpc) is 2.54. The molecule has 1 aromatic carbocycles. The zero-order chi connectivity index (χ0) is 17.9. The average molecular weight is 462 g/mol. The number of hydrogen-bond acceptors (Lipinski definition) is 3. The first-order valence-electron chi connectivity index (χ1n) is 8.43. The largest absolute Gasteiger partial charge is 0.491 e. The van der Waals surface area contributed by atoms with Crippen LogP contribution < -0.4 is 20.7 Å². The van der Waals surface area contributed by atoms with Gasteiger partial charge in [-0.05, 0) is 38.8 Å². The van der Waals surface area contributed by atoms with E-state index in [1.54, 1.807) is 7.05 Å². The second-order valence-corrected chi connectivity index (χ2v) is 5.91. The van der Waals surface area contributed by atoms with Crippen LogP contribution in [0.4, 0.5) is 0 Å². The summed E-state index contributed by atoms with van der Waals surface area (Å²) in [6.07, 6.45) is 1.04. The van der Waals surface area contributed by atoms with E-state index in [4.69, 9.17) is 4.74 Å². The van der Waals surface area contributed by atoms with E-state index in [0.717, 1.165) is 23.3 Å². The highest BCUT2D eigenvalue weighted by atomic mass is 127. The Labute approximate surface area is 168 Å². The van der Waals surface area contributed by atoms with Crippen molar-refractivity contribution in [2.75, 3.05) is 20.1 Å². The van der Waals surface area contributed by atoms with Crippen molar-refractivity contribution in [1.29, 1.82) is 0 Å². The van der Waals surface area contributed by atoms with Crippen molar-refractivity contribution in [3.05, 3.63) is 29.3 Å². The predicted octanol–water partition coefficient (Wildman–Crippen LogP) is 2.59. The molecule has 0 saturated heterocycles. The maximum absolute atomic E-state index is 11.6. The lowest BCUT2D eigenvalue weighted by atomic mass is 10.1. The molecule has 1 rings (SSSR count). The highest BCUT2D eigenvalue weighted by Crippen LogP contribution is 2.21. The fourth-order valence-electron chi connectivity index (χ4n) is 2.06. The van der Waals surface area contributed by atoms with Gasteiger partial charge in [-0.15, -0.1) is 24.0 Å². The van der Waals surface area contributed by atoms with Crippen LogP contribution >= 0.6 is 24.0 Å². The van der Waals surface area contributed by atoms with Gasteiger partial charge in [0.15, 0.2) is 5.96 Å². The third-order valence-electron chi connectivity index (χ3n) is 3.24. The van der Waals surface area contributed by atoms with E-state index in [9.17, 15) is 4.79 Å². The molecule has 0 spiro atoms. The highest BCUT2D eigenvalue weighted by molar-refractivity contribution is 14.0. The molecule has 0 unspecified atom stereocenters. The molecule has 1 aromatic rings. The van der Waals surface area contributed by atoms with Crippen LogP contribution in [0.25, 0.3) is 0 Å². The van der Waals surface area contributed by atoms with E-state index in [2.05, 4.69) is 27.0 Å². The number of aliphatic imine (C=N–C) groups is 1. The number of rotatable bonds is 8. The normalized spacial score (nSPS) is 10.9. The number of guanidine groups is 1. The Bertz CT molecular complexity index is 562. The van der Waals surface area contributed by atoms with Crippen LogP contribution in [0.2, 0.25) is 0 Å². The zero-order valence-corrected chi connectivity index (χ0v) is 18.1. The van der Waals surface area contributed by atoms with Gasteiger partial charge in [-0.2, -0.15) is 0 Å². The van der Waals surface area contributed by atoms with Gasteiger partial charge in [0.2, 0.25) is 5.91 Å². The Kier molecular flexibility index (Phi) is 12.0. The molecule has 0 aliphatic heterocycles. The van der Waals surface area contributed by atoms with Crippen LogP contribution in [0.1, 0.15) is 38.3 Å². The van der Waals surface area contributed by atoms with Crippen molar-refractivity contribution < 1.29 is 9.53 Å². The van der Waals surface area contributed by atoms with Gasteiger partial charge in [0, 0.05) is 25.7 Å². The summed E-state index contributed by atoms with van der Waals surface area (Å²) >= 11 is 0. The number of amides is 1. The van der Waals surface area contributed by atoms with Gasteiger partial charge >= 0.3 is 0 Å². The minimum Gasteiger partial charge on any atom is -0.491 e. The van der Waals surface area contributed by atoms with Gasteiger partial charge in [0.05, 0.1) is 12.6 Å². The second-order valence-electron chi connectivity index (χ2n) is 5.91. The molecule has 0 saturated carbocycles. The fraction of sp³-hybridized carbons (Fsp3) is 0.556. The number of benzene rings is 1. The van der Waals surface area contributed by atoms with E-state index in [-0.39, 0.29) is 42.5 Å². The molecule has 0 atom stereocenters. The molecule has 0 radical (unpaired) electrons. The molecule has 0 bridgehead atoms. The first-order valence-corrected chi connectivity index (χ1v) is 8.43. The number of hydrogen-bond donors (Lipinski definition) is 3. The molecule has 1 amide bonds. The van der Waals surface area contributed by atoms with Crippen LogP contribution in [0.15, 0.2) is 23.2 Å². The van der Waals surface area contributed by atoms with Crippen LogP contribution in [-0.4, -0.2) is 38.1 Å². The van der Waals surface area contributed by atoms with Crippen LogP contribution in [0.3, 0.4) is 0 Å². The summed E-state index contributed by atoms with van der Waals surface area (Å²) in [7, 11) is 1.68. The van der Waals surface area contributed by atoms with Crippen LogP contribution in [-0.2, 0) is 11.3 Å². The molecule has 0 aliphatic rings. The summed E-state index contributed by atoms with van der Waals surface area (Å²) in [5.74, 6) is 1.41. The first-order chi connectivity index (χ1) is 11.5. The van der Waals surface area contributed by atoms with Gasteiger partial charge in [-0.1, -0.05) is 19.1 Å². The molecule has 142 valence electrons. The summed E-state index contributed by atoms with van der Waals surface area (Å²) in [5, 5.41) is 9.03. The third kappa shape index (κ3) is 9.52. The Morgan fingerprint density at radius 3 is 2.56 bits per heavy atom.